The van der Waals surface area contributed by atoms with Crippen molar-refractivity contribution in [3.05, 3.63) is 46.3 Å². The fourth-order valence-electron chi connectivity index (χ4n) is 1.43. The highest BCUT2D eigenvalue weighted by molar-refractivity contribution is 6.35. The van der Waals surface area contributed by atoms with E-state index in [1.165, 1.54) is 19.4 Å². The van der Waals surface area contributed by atoms with Crippen molar-refractivity contribution in [3.8, 4) is 5.88 Å². The first kappa shape index (κ1) is 13.6. The minimum absolute atomic E-state index is 0.188. The lowest BCUT2D eigenvalue weighted by Gasteiger charge is -2.09. The maximum absolute atomic E-state index is 12.1. The molecule has 2 aromatic heterocycles. The number of hydrogen-bond donors (Lipinski definition) is 1. The fraction of sp³-hybridized carbons (Fsp3) is 0.0833. The summed E-state index contributed by atoms with van der Waals surface area (Å²) in [4.78, 5) is 19.8. The molecule has 2 rings (SSSR count). The van der Waals surface area contributed by atoms with Crippen molar-refractivity contribution < 1.29 is 9.53 Å². The highest BCUT2D eigenvalue weighted by Crippen LogP contribution is 2.23. The summed E-state index contributed by atoms with van der Waals surface area (Å²) in [6.45, 7) is 0. The van der Waals surface area contributed by atoms with Crippen LogP contribution in [0, 0.1) is 0 Å². The molecule has 0 spiro atoms. The van der Waals surface area contributed by atoms with Crippen LogP contribution in [0.3, 0.4) is 0 Å². The van der Waals surface area contributed by atoms with Gasteiger partial charge in [0.25, 0.3) is 5.91 Å². The molecule has 19 heavy (non-hydrogen) atoms. The van der Waals surface area contributed by atoms with Crippen molar-refractivity contribution >= 4 is 34.8 Å². The molecule has 5 nitrogen and oxygen atoms in total. The quantitative estimate of drug-likeness (QED) is 0.885. The van der Waals surface area contributed by atoms with E-state index in [0.717, 1.165) is 0 Å². The fourth-order valence-corrected chi connectivity index (χ4v) is 1.77. The van der Waals surface area contributed by atoms with Gasteiger partial charge in [0.2, 0.25) is 5.88 Å². The predicted molar refractivity (Wildman–Crippen MR) is 73.0 cm³/mol. The van der Waals surface area contributed by atoms with E-state index in [1.807, 2.05) is 0 Å². The number of anilines is 1. The van der Waals surface area contributed by atoms with Gasteiger partial charge in [-0.2, -0.15) is 0 Å². The van der Waals surface area contributed by atoms with Crippen LogP contribution in [0.25, 0.3) is 0 Å². The van der Waals surface area contributed by atoms with Gasteiger partial charge in [0.05, 0.1) is 17.7 Å². The summed E-state index contributed by atoms with van der Waals surface area (Å²) >= 11 is 11.6. The summed E-state index contributed by atoms with van der Waals surface area (Å²) in [5.41, 5.74) is 0.673. The summed E-state index contributed by atoms with van der Waals surface area (Å²) in [5.74, 6) is -0.104. The summed E-state index contributed by atoms with van der Waals surface area (Å²) < 4.78 is 5.04. The molecule has 0 radical (unpaired) electrons. The number of rotatable bonds is 3. The molecule has 0 aromatic carbocycles. The average molecular weight is 298 g/mol. The van der Waals surface area contributed by atoms with E-state index >= 15 is 0 Å². The van der Waals surface area contributed by atoms with Gasteiger partial charge in [0.1, 0.15) is 10.8 Å². The maximum Gasteiger partial charge on any atom is 0.257 e. The first-order valence-electron chi connectivity index (χ1n) is 5.23. The zero-order chi connectivity index (χ0) is 13.8. The number of carbonyl (C=O) groups excluding carboxylic acids is 1. The highest BCUT2D eigenvalue weighted by Gasteiger charge is 2.14. The second-order valence-corrected chi connectivity index (χ2v) is 4.30. The third-order valence-electron chi connectivity index (χ3n) is 2.28. The van der Waals surface area contributed by atoms with E-state index in [2.05, 4.69) is 15.3 Å². The number of aromatic nitrogens is 2. The minimum Gasteiger partial charge on any atom is -0.480 e. The Morgan fingerprint density at radius 1 is 1.37 bits per heavy atom. The van der Waals surface area contributed by atoms with Crippen molar-refractivity contribution in [2.45, 2.75) is 0 Å². The van der Waals surface area contributed by atoms with Gasteiger partial charge in [-0.3, -0.25) is 4.79 Å². The molecular weight excluding hydrogens is 289 g/mol. The number of nitrogens with one attached hydrogen (secondary N) is 1. The van der Waals surface area contributed by atoms with Crippen LogP contribution in [-0.2, 0) is 0 Å². The number of amides is 1. The lowest BCUT2D eigenvalue weighted by Crippen LogP contribution is -2.13. The third-order valence-corrected chi connectivity index (χ3v) is 2.79. The van der Waals surface area contributed by atoms with Crippen LogP contribution in [0.1, 0.15) is 10.4 Å². The van der Waals surface area contributed by atoms with Crippen molar-refractivity contribution in [3.63, 3.8) is 0 Å². The number of ether oxygens (including phenoxy) is 1. The van der Waals surface area contributed by atoms with E-state index in [-0.39, 0.29) is 15.7 Å². The Morgan fingerprint density at radius 2 is 2.16 bits per heavy atom. The van der Waals surface area contributed by atoms with Crippen LogP contribution in [-0.4, -0.2) is 23.0 Å². The van der Waals surface area contributed by atoms with Crippen LogP contribution in [0.15, 0.2) is 30.6 Å². The summed E-state index contributed by atoms with van der Waals surface area (Å²) in [5, 5.41) is 3.05. The second-order valence-electron chi connectivity index (χ2n) is 3.50. The molecule has 0 saturated heterocycles. The normalized spacial score (nSPS) is 10.1. The van der Waals surface area contributed by atoms with Gasteiger partial charge < -0.3 is 10.1 Å². The molecule has 7 heteroatoms. The van der Waals surface area contributed by atoms with Crippen LogP contribution in [0.2, 0.25) is 10.2 Å². The number of halogens is 2. The summed E-state index contributed by atoms with van der Waals surface area (Å²) in [6, 6.07) is 4.74. The van der Waals surface area contributed by atoms with Gasteiger partial charge in [-0.25, -0.2) is 9.97 Å². The van der Waals surface area contributed by atoms with Crippen molar-refractivity contribution in [1.29, 1.82) is 0 Å². The Hall–Kier alpha value is -1.85. The van der Waals surface area contributed by atoms with E-state index in [4.69, 9.17) is 27.9 Å². The van der Waals surface area contributed by atoms with E-state index < -0.39 is 5.91 Å². The highest BCUT2D eigenvalue weighted by atomic mass is 35.5. The van der Waals surface area contributed by atoms with Gasteiger partial charge in [0.15, 0.2) is 0 Å². The number of carbonyl (C=O) groups is 1. The van der Waals surface area contributed by atoms with Crippen molar-refractivity contribution in [2.75, 3.05) is 12.4 Å². The molecule has 1 amide bonds. The molecule has 2 aromatic rings. The average Bonchev–Trinajstić information content (AvgIpc) is 2.42. The monoisotopic (exact) mass is 297 g/mol. The Bertz CT molecular complexity index is 620. The van der Waals surface area contributed by atoms with Crippen LogP contribution < -0.4 is 10.1 Å². The first-order valence-corrected chi connectivity index (χ1v) is 5.99. The van der Waals surface area contributed by atoms with Crippen LogP contribution in [0.4, 0.5) is 5.69 Å². The van der Waals surface area contributed by atoms with Gasteiger partial charge in [-0.15, -0.1) is 0 Å². The largest absolute Gasteiger partial charge is 0.480 e. The number of nitrogens with zero attached hydrogens (tertiary/aromatic N) is 2. The van der Waals surface area contributed by atoms with Crippen LogP contribution in [0.5, 0.6) is 5.88 Å². The second kappa shape index (κ2) is 5.86. The molecule has 98 valence electrons. The van der Waals surface area contributed by atoms with Crippen LogP contribution >= 0.6 is 23.2 Å². The molecule has 2 heterocycles. The molecule has 0 bridgehead atoms. The Kier molecular flexibility index (Phi) is 4.19. The molecule has 0 saturated carbocycles. The standard InChI is InChI=1S/C12H9Cl2N3O2/c1-19-12-9(3-2-4-15-12)17-11(18)7-5-10(14)16-6-8(7)13/h2-6H,1H3,(H,17,18). The Morgan fingerprint density at radius 3 is 2.89 bits per heavy atom. The van der Waals surface area contributed by atoms with Gasteiger partial charge >= 0.3 is 0 Å². The molecular formula is C12H9Cl2N3O2. The zero-order valence-corrected chi connectivity index (χ0v) is 11.4. The van der Waals surface area contributed by atoms with Crippen molar-refractivity contribution in [2.24, 2.45) is 0 Å². The molecule has 0 atom stereocenters. The summed E-state index contributed by atoms with van der Waals surface area (Å²) in [7, 11) is 1.47. The van der Waals surface area contributed by atoms with Gasteiger partial charge in [-0.05, 0) is 18.2 Å². The Labute approximate surface area is 119 Å². The molecule has 0 aliphatic carbocycles. The summed E-state index contributed by atoms with van der Waals surface area (Å²) in [6.07, 6.45) is 2.88. The lowest BCUT2D eigenvalue weighted by atomic mass is 10.2. The predicted octanol–water partition coefficient (Wildman–Crippen LogP) is 3.04. The maximum atomic E-state index is 12.1. The SMILES string of the molecule is COc1ncccc1NC(=O)c1cc(Cl)ncc1Cl. The van der Waals surface area contributed by atoms with E-state index in [1.54, 1.807) is 18.3 Å². The number of methoxy groups -OCH3 is 1. The smallest absolute Gasteiger partial charge is 0.257 e. The zero-order valence-electron chi connectivity index (χ0n) is 9.85. The molecule has 1 N–H and O–H groups in total. The van der Waals surface area contributed by atoms with Gasteiger partial charge in [0, 0.05) is 12.4 Å². The van der Waals surface area contributed by atoms with Gasteiger partial charge in [-0.1, -0.05) is 23.2 Å². The molecule has 0 unspecified atom stereocenters. The van der Waals surface area contributed by atoms with Crippen molar-refractivity contribution in [1.82, 2.24) is 9.97 Å². The Balaban J connectivity index is 2.28. The molecule has 0 aliphatic rings. The molecule has 0 aliphatic heterocycles. The number of hydrogen-bond acceptors (Lipinski definition) is 4. The van der Waals surface area contributed by atoms with E-state index in [0.29, 0.717) is 11.6 Å². The lowest BCUT2D eigenvalue weighted by molar-refractivity contribution is 0.102. The van der Waals surface area contributed by atoms with E-state index in [9.17, 15) is 4.79 Å². The topological polar surface area (TPSA) is 64.1 Å². The number of pyridine rings is 2. The first-order chi connectivity index (χ1) is 9.11. The minimum atomic E-state index is -0.416. The third kappa shape index (κ3) is 3.13. The molecule has 0 fully saturated rings.